The number of tetrazole rings is 1. The molecule has 2 aromatic heterocycles. The topological polar surface area (TPSA) is 151 Å². The summed E-state index contributed by atoms with van der Waals surface area (Å²) in [5, 5.41) is 21.1. The molecule has 0 unspecified atom stereocenters. The number of ether oxygens (including phenoxy) is 2. The average Bonchev–Trinajstić information content (AvgIpc) is 3.19. The van der Waals surface area contributed by atoms with Crippen molar-refractivity contribution < 1.29 is 24.2 Å². The van der Waals surface area contributed by atoms with E-state index in [0.717, 1.165) is 11.1 Å². The molecule has 12 nitrogen and oxygen atoms in total. The van der Waals surface area contributed by atoms with Gasteiger partial charge in [0.25, 0.3) is 5.56 Å². The maximum absolute atomic E-state index is 13.6. The van der Waals surface area contributed by atoms with Crippen molar-refractivity contribution in [2.24, 2.45) is 13.0 Å². The second-order valence-corrected chi connectivity index (χ2v) is 8.26. The van der Waals surface area contributed by atoms with Crippen LogP contribution in [0.3, 0.4) is 0 Å². The summed E-state index contributed by atoms with van der Waals surface area (Å²) in [5.74, 6) is -1.60. The van der Waals surface area contributed by atoms with Gasteiger partial charge in [0.1, 0.15) is 12.2 Å². The van der Waals surface area contributed by atoms with Gasteiger partial charge in [-0.2, -0.15) is 0 Å². The number of fused-ring (bicyclic) bond motifs is 1. The summed E-state index contributed by atoms with van der Waals surface area (Å²) in [7, 11) is 1.60. The van der Waals surface area contributed by atoms with E-state index in [0.29, 0.717) is 11.0 Å². The first kappa shape index (κ1) is 25.0. The van der Waals surface area contributed by atoms with Crippen molar-refractivity contribution in [3.63, 3.8) is 0 Å². The molecule has 0 aliphatic heterocycles. The van der Waals surface area contributed by atoms with Gasteiger partial charge >= 0.3 is 11.9 Å². The molecule has 0 radical (unpaired) electrons. The van der Waals surface area contributed by atoms with E-state index < -0.39 is 42.2 Å². The van der Waals surface area contributed by atoms with Gasteiger partial charge in [0.2, 0.25) is 5.82 Å². The molecule has 0 amide bonds. The summed E-state index contributed by atoms with van der Waals surface area (Å²) in [6.07, 6.45) is -1.83. The van der Waals surface area contributed by atoms with Crippen molar-refractivity contribution in [2.45, 2.75) is 53.4 Å². The Morgan fingerprint density at radius 1 is 1.09 bits per heavy atom. The summed E-state index contributed by atoms with van der Waals surface area (Å²) in [6, 6.07) is 3.69. The number of aryl methyl sites for hydroxylation is 3. The number of esters is 2. The molecule has 0 bridgehead atoms. The van der Waals surface area contributed by atoms with Crippen LogP contribution in [0.5, 0.6) is 0 Å². The predicted octanol–water partition coefficient (Wildman–Crippen LogP) is 0.696. The Labute approximate surface area is 195 Å². The molecule has 0 aliphatic rings. The first-order valence-electron chi connectivity index (χ1n) is 10.7. The number of carbonyl (C=O) groups excluding carboxylic acids is 2. The maximum atomic E-state index is 13.6. The van der Waals surface area contributed by atoms with Crippen molar-refractivity contribution in [2.75, 3.05) is 6.61 Å². The normalized spacial score (nSPS) is 14.0. The zero-order valence-corrected chi connectivity index (χ0v) is 20.0. The quantitative estimate of drug-likeness (QED) is 0.464. The Morgan fingerprint density at radius 2 is 1.71 bits per heavy atom. The minimum atomic E-state index is -0.933. The smallest absolute Gasteiger partial charge is 0.302 e. The monoisotopic (exact) mass is 472 g/mol. The molecule has 2 heterocycles. The number of hydrogen-bond acceptors (Lipinski definition) is 10. The fraction of sp³-hybridized carbons (Fsp3) is 0.500. The summed E-state index contributed by atoms with van der Waals surface area (Å²) < 4.78 is 13.5. The van der Waals surface area contributed by atoms with Gasteiger partial charge in [-0.15, -0.1) is 5.10 Å². The van der Waals surface area contributed by atoms with Crippen LogP contribution in [0.15, 0.2) is 16.9 Å². The molecule has 0 saturated carbocycles. The number of hydrogen-bond donors (Lipinski definition) is 1. The van der Waals surface area contributed by atoms with Crippen LogP contribution in [0.2, 0.25) is 0 Å². The predicted molar refractivity (Wildman–Crippen MR) is 121 cm³/mol. The second kappa shape index (κ2) is 10.1. The number of aromatic nitrogens is 6. The average molecular weight is 473 g/mol. The lowest BCUT2D eigenvalue weighted by Gasteiger charge is -2.30. The molecule has 182 valence electrons. The van der Waals surface area contributed by atoms with Gasteiger partial charge in [-0.3, -0.25) is 14.4 Å². The first-order valence-corrected chi connectivity index (χ1v) is 10.7. The van der Waals surface area contributed by atoms with E-state index in [4.69, 9.17) is 9.47 Å². The number of carbonyl (C=O) groups is 2. The fourth-order valence-electron chi connectivity index (χ4n) is 3.72. The number of nitrogens with zero attached hydrogens (tertiary/aromatic N) is 6. The van der Waals surface area contributed by atoms with Crippen LogP contribution in [0.25, 0.3) is 22.6 Å². The minimum absolute atomic E-state index is 0.0381. The minimum Gasteiger partial charge on any atom is -0.460 e. The van der Waals surface area contributed by atoms with Crippen molar-refractivity contribution in [3.05, 3.63) is 33.6 Å². The number of benzene rings is 1. The van der Waals surface area contributed by atoms with Crippen LogP contribution >= 0.6 is 0 Å². The van der Waals surface area contributed by atoms with Gasteiger partial charge in [-0.25, -0.2) is 9.67 Å². The zero-order valence-electron chi connectivity index (χ0n) is 20.0. The fourth-order valence-corrected chi connectivity index (χ4v) is 3.72. The van der Waals surface area contributed by atoms with E-state index in [1.54, 1.807) is 14.0 Å². The zero-order chi connectivity index (χ0) is 25.2. The SMILES string of the molecule is CC(=O)O[C@@H](Cn1c(=O)c(-c2nnnn2C)nc2cc(C)c(C)cc21)[C@H](C)[C@@H](CO)OC(C)=O. The maximum Gasteiger partial charge on any atom is 0.302 e. The van der Waals surface area contributed by atoms with Crippen LogP contribution in [0, 0.1) is 19.8 Å². The largest absolute Gasteiger partial charge is 0.460 e. The molecule has 3 aromatic rings. The Kier molecular flexibility index (Phi) is 7.40. The number of rotatable bonds is 8. The van der Waals surface area contributed by atoms with Gasteiger partial charge in [0.15, 0.2) is 5.69 Å². The lowest BCUT2D eigenvalue weighted by Crippen LogP contribution is -2.42. The van der Waals surface area contributed by atoms with Crippen LogP contribution in [-0.2, 0) is 32.7 Å². The molecular formula is C22H28N6O6. The molecule has 0 spiro atoms. The van der Waals surface area contributed by atoms with Crippen LogP contribution < -0.4 is 5.56 Å². The lowest BCUT2D eigenvalue weighted by atomic mass is 9.97. The van der Waals surface area contributed by atoms with Crippen LogP contribution in [0.4, 0.5) is 0 Å². The standard InChI is InChI=1S/C22H28N6O6/c1-11-7-16-17(8-12(11)2)28(22(32)20(23-16)21-24-25-26-27(21)6)9-18(33-14(4)30)13(3)19(10-29)34-15(5)31/h7-8,13,18-19,29H,9-10H2,1-6H3/t13-,18-,19+/m0/s1. The number of aliphatic hydroxyl groups excluding tert-OH is 1. The Hall–Kier alpha value is -3.67. The Balaban J connectivity index is 2.20. The molecule has 34 heavy (non-hydrogen) atoms. The molecule has 1 N–H and O–H groups in total. The molecule has 12 heteroatoms. The highest BCUT2D eigenvalue weighted by Gasteiger charge is 2.32. The Bertz CT molecular complexity index is 1280. The van der Waals surface area contributed by atoms with Gasteiger partial charge in [-0.05, 0) is 47.5 Å². The third-order valence-corrected chi connectivity index (χ3v) is 5.74. The highest BCUT2D eigenvalue weighted by atomic mass is 16.6. The van der Waals surface area contributed by atoms with Crippen LogP contribution in [0.1, 0.15) is 31.9 Å². The third kappa shape index (κ3) is 5.11. The van der Waals surface area contributed by atoms with Crippen molar-refractivity contribution in [3.8, 4) is 11.5 Å². The van der Waals surface area contributed by atoms with E-state index in [2.05, 4.69) is 20.5 Å². The molecule has 3 atom stereocenters. The van der Waals surface area contributed by atoms with Crippen molar-refractivity contribution in [1.29, 1.82) is 0 Å². The van der Waals surface area contributed by atoms with E-state index in [-0.39, 0.29) is 18.1 Å². The molecule has 0 aliphatic carbocycles. The molecular weight excluding hydrogens is 444 g/mol. The highest BCUT2D eigenvalue weighted by molar-refractivity contribution is 5.79. The molecule has 0 saturated heterocycles. The summed E-state index contributed by atoms with van der Waals surface area (Å²) in [5.41, 5.74) is 2.55. The molecule has 1 aromatic carbocycles. The van der Waals surface area contributed by atoms with Gasteiger partial charge in [-0.1, -0.05) is 6.92 Å². The van der Waals surface area contributed by atoms with Gasteiger partial charge in [0.05, 0.1) is 24.2 Å². The van der Waals surface area contributed by atoms with E-state index >= 15 is 0 Å². The molecule has 0 fully saturated rings. The van der Waals surface area contributed by atoms with Crippen molar-refractivity contribution >= 4 is 23.0 Å². The summed E-state index contributed by atoms with van der Waals surface area (Å²) >= 11 is 0. The van der Waals surface area contributed by atoms with Crippen molar-refractivity contribution in [1.82, 2.24) is 29.8 Å². The summed E-state index contributed by atoms with van der Waals surface area (Å²) in [4.78, 5) is 41.5. The van der Waals surface area contributed by atoms with E-state index in [1.165, 1.54) is 23.1 Å². The third-order valence-electron chi connectivity index (χ3n) is 5.74. The highest BCUT2D eigenvalue weighted by Crippen LogP contribution is 2.23. The van der Waals surface area contributed by atoms with Crippen LogP contribution in [-0.4, -0.2) is 65.6 Å². The van der Waals surface area contributed by atoms with E-state index in [9.17, 15) is 19.5 Å². The lowest BCUT2D eigenvalue weighted by molar-refractivity contribution is -0.161. The first-order chi connectivity index (χ1) is 16.0. The summed E-state index contributed by atoms with van der Waals surface area (Å²) in [6.45, 7) is 7.45. The van der Waals surface area contributed by atoms with Gasteiger partial charge < -0.3 is 19.1 Å². The van der Waals surface area contributed by atoms with E-state index in [1.807, 2.05) is 26.0 Å². The Morgan fingerprint density at radius 3 is 2.26 bits per heavy atom. The number of aliphatic hydroxyl groups is 1. The van der Waals surface area contributed by atoms with Gasteiger partial charge in [0, 0.05) is 26.8 Å². The second-order valence-electron chi connectivity index (χ2n) is 8.26. The molecule has 3 rings (SSSR count).